The van der Waals surface area contributed by atoms with Gasteiger partial charge < -0.3 is 5.73 Å². The summed E-state index contributed by atoms with van der Waals surface area (Å²) >= 11 is 0. The Morgan fingerprint density at radius 1 is 1.14 bits per heavy atom. The molecule has 0 bridgehead atoms. The second-order valence-electron chi connectivity index (χ2n) is 6.36. The zero-order chi connectivity index (χ0) is 15.3. The minimum atomic E-state index is 0.108. The van der Waals surface area contributed by atoms with E-state index in [2.05, 4.69) is 50.1 Å². The van der Waals surface area contributed by atoms with Gasteiger partial charge in [0, 0.05) is 17.2 Å². The van der Waals surface area contributed by atoms with Crippen molar-refractivity contribution in [2.45, 2.75) is 52.9 Å². The first-order valence-corrected chi connectivity index (χ1v) is 8.23. The number of fused-ring (bicyclic) bond motifs is 1. The Morgan fingerprint density at radius 2 is 1.90 bits per heavy atom. The van der Waals surface area contributed by atoms with Gasteiger partial charge in [0.2, 0.25) is 0 Å². The van der Waals surface area contributed by atoms with Gasteiger partial charge >= 0.3 is 0 Å². The van der Waals surface area contributed by atoms with Gasteiger partial charge in [0.05, 0.1) is 0 Å². The summed E-state index contributed by atoms with van der Waals surface area (Å²) in [6.07, 6.45) is 17.3. The average molecular weight is 284 g/mol. The highest BCUT2D eigenvalue weighted by atomic mass is 14.8. The van der Waals surface area contributed by atoms with Gasteiger partial charge in [0.25, 0.3) is 0 Å². The lowest BCUT2D eigenvalue weighted by molar-refractivity contribution is 0.278. The molecule has 0 aliphatic heterocycles. The molecule has 2 rings (SSSR count). The largest absolute Gasteiger partial charge is 0.383 e. The summed E-state index contributed by atoms with van der Waals surface area (Å²) in [5.41, 5.74) is 8.36. The first kappa shape index (κ1) is 15.8. The summed E-state index contributed by atoms with van der Waals surface area (Å²) < 4.78 is 0. The molecule has 2 heteroatoms. The van der Waals surface area contributed by atoms with Gasteiger partial charge in [0.1, 0.15) is 5.82 Å². The van der Waals surface area contributed by atoms with Gasteiger partial charge in [-0.15, -0.1) is 0 Å². The summed E-state index contributed by atoms with van der Waals surface area (Å²) in [5.74, 6) is 1.32. The van der Waals surface area contributed by atoms with E-state index in [9.17, 15) is 0 Å². The number of rotatable bonds is 6. The van der Waals surface area contributed by atoms with E-state index in [1.54, 1.807) is 6.20 Å². The molecule has 2 N–H and O–H groups in total. The Labute approximate surface area is 129 Å². The molecule has 1 aromatic heterocycles. The molecule has 1 aliphatic carbocycles. The molecular weight excluding hydrogens is 256 g/mol. The number of unbranched alkanes of at least 4 members (excludes halogenated alkanes) is 1. The number of hydrogen-bond acceptors (Lipinski definition) is 2. The Morgan fingerprint density at radius 3 is 2.62 bits per heavy atom. The molecule has 0 amide bonds. The number of allylic oxidation sites excluding steroid dienone is 2. The Kier molecular flexibility index (Phi) is 5.22. The zero-order valence-corrected chi connectivity index (χ0v) is 13.6. The second-order valence-corrected chi connectivity index (χ2v) is 6.36. The van der Waals surface area contributed by atoms with Crippen molar-refractivity contribution in [3.63, 3.8) is 0 Å². The zero-order valence-electron chi connectivity index (χ0n) is 13.6. The quantitative estimate of drug-likeness (QED) is 0.768. The van der Waals surface area contributed by atoms with Crippen molar-refractivity contribution >= 4 is 18.0 Å². The first-order chi connectivity index (χ1) is 10.1. The van der Waals surface area contributed by atoms with Gasteiger partial charge in [-0.1, -0.05) is 64.3 Å². The lowest BCUT2D eigenvalue weighted by Gasteiger charge is -2.32. The molecule has 1 aromatic rings. The van der Waals surface area contributed by atoms with Crippen LogP contribution in [0.2, 0.25) is 0 Å². The van der Waals surface area contributed by atoms with E-state index in [4.69, 9.17) is 5.73 Å². The Bertz CT molecular complexity index is 530. The highest BCUT2D eigenvalue weighted by Crippen LogP contribution is 2.40. The highest BCUT2D eigenvalue weighted by molar-refractivity contribution is 5.74. The van der Waals surface area contributed by atoms with Gasteiger partial charge in [-0.05, 0) is 30.4 Å². The lowest BCUT2D eigenvalue weighted by Crippen LogP contribution is -2.23. The molecule has 2 nitrogen and oxygen atoms in total. The van der Waals surface area contributed by atoms with Crippen molar-refractivity contribution in [1.82, 2.24) is 4.98 Å². The first-order valence-electron chi connectivity index (χ1n) is 8.23. The van der Waals surface area contributed by atoms with Crippen LogP contribution in [0.5, 0.6) is 0 Å². The molecular formula is C19H28N2. The number of nitrogens with two attached hydrogens (primary N) is 1. The smallest absolute Gasteiger partial charge is 0.131 e. The van der Waals surface area contributed by atoms with Gasteiger partial charge in [-0.2, -0.15) is 0 Å². The number of pyridine rings is 1. The number of anilines is 1. The Hall–Kier alpha value is -1.57. The molecule has 0 fully saturated rings. The monoisotopic (exact) mass is 284 g/mol. The third-order valence-corrected chi connectivity index (χ3v) is 4.71. The van der Waals surface area contributed by atoms with Crippen LogP contribution >= 0.6 is 0 Å². The van der Waals surface area contributed by atoms with Crippen LogP contribution in [0.4, 0.5) is 5.82 Å². The topological polar surface area (TPSA) is 38.9 Å². The predicted octanol–water partition coefficient (Wildman–Crippen LogP) is 5.32. The fraction of sp³-hybridized carbons (Fsp3) is 0.526. The SMILES string of the molecule is CCCCC(CCC)C1(C)C=Cc2ccnc(N)c2C=C1. The van der Waals surface area contributed by atoms with E-state index in [-0.39, 0.29) is 5.41 Å². The van der Waals surface area contributed by atoms with E-state index in [1.807, 2.05) is 6.07 Å². The molecule has 0 aromatic carbocycles. The lowest BCUT2D eigenvalue weighted by atomic mass is 9.72. The normalized spacial score (nSPS) is 21.9. The number of nitrogen functional groups attached to an aromatic ring is 1. The average Bonchev–Trinajstić information content (AvgIpc) is 2.65. The molecule has 0 radical (unpaired) electrons. The van der Waals surface area contributed by atoms with E-state index >= 15 is 0 Å². The van der Waals surface area contributed by atoms with E-state index < -0.39 is 0 Å². The minimum absolute atomic E-state index is 0.108. The summed E-state index contributed by atoms with van der Waals surface area (Å²) in [5, 5.41) is 0. The van der Waals surface area contributed by atoms with Crippen LogP contribution in [0.1, 0.15) is 64.0 Å². The number of hydrogen-bond donors (Lipinski definition) is 1. The predicted molar refractivity (Wildman–Crippen MR) is 92.7 cm³/mol. The fourth-order valence-corrected chi connectivity index (χ4v) is 3.26. The van der Waals surface area contributed by atoms with Crippen molar-refractivity contribution in [1.29, 1.82) is 0 Å². The summed E-state index contributed by atoms with van der Waals surface area (Å²) in [4.78, 5) is 4.21. The van der Waals surface area contributed by atoms with Crippen LogP contribution in [0, 0.1) is 11.3 Å². The maximum absolute atomic E-state index is 6.02. The fourth-order valence-electron chi connectivity index (χ4n) is 3.26. The van der Waals surface area contributed by atoms with Crippen LogP contribution in [0.15, 0.2) is 24.4 Å². The van der Waals surface area contributed by atoms with Gasteiger partial charge in [-0.3, -0.25) is 0 Å². The van der Waals surface area contributed by atoms with Crippen LogP contribution in [0.3, 0.4) is 0 Å². The highest BCUT2D eigenvalue weighted by Gasteiger charge is 2.29. The second kappa shape index (κ2) is 6.93. The standard InChI is InChI=1S/C19H28N2/c1-4-6-8-16(7-5-2)19(3)12-9-15-11-14-21-18(20)17(15)10-13-19/h9-14,16H,4-8H2,1-3H3,(H2,20,21). The van der Waals surface area contributed by atoms with Crippen LogP contribution in [0.25, 0.3) is 12.2 Å². The molecule has 21 heavy (non-hydrogen) atoms. The maximum Gasteiger partial charge on any atom is 0.131 e. The maximum atomic E-state index is 6.02. The summed E-state index contributed by atoms with van der Waals surface area (Å²) in [6, 6.07) is 2.04. The minimum Gasteiger partial charge on any atom is -0.383 e. The molecule has 1 heterocycles. The molecule has 0 spiro atoms. The van der Waals surface area contributed by atoms with Crippen molar-refractivity contribution in [2.24, 2.45) is 11.3 Å². The van der Waals surface area contributed by atoms with Crippen molar-refractivity contribution in [3.05, 3.63) is 35.5 Å². The van der Waals surface area contributed by atoms with Gasteiger partial charge in [0.15, 0.2) is 0 Å². The van der Waals surface area contributed by atoms with Crippen molar-refractivity contribution < 1.29 is 0 Å². The van der Waals surface area contributed by atoms with Crippen molar-refractivity contribution in [2.75, 3.05) is 5.73 Å². The van der Waals surface area contributed by atoms with Gasteiger partial charge in [-0.25, -0.2) is 4.98 Å². The van der Waals surface area contributed by atoms with E-state index in [0.29, 0.717) is 11.7 Å². The van der Waals surface area contributed by atoms with Crippen molar-refractivity contribution in [3.8, 4) is 0 Å². The number of nitrogens with zero attached hydrogens (tertiary/aromatic N) is 1. The molecule has 0 saturated carbocycles. The molecule has 1 aliphatic rings. The Balaban J connectivity index is 2.31. The van der Waals surface area contributed by atoms with Crippen LogP contribution in [-0.4, -0.2) is 4.98 Å². The molecule has 2 atom stereocenters. The summed E-state index contributed by atoms with van der Waals surface area (Å²) in [7, 11) is 0. The molecule has 2 unspecified atom stereocenters. The van der Waals surface area contributed by atoms with Crippen LogP contribution < -0.4 is 5.73 Å². The third-order valence-electron chi connectivity index (χ3n) is 4.71. The molecule has 0 saturated heterocycles. The number of aromatic nitrogens is 1. The van der Waals surface area contributed by atoms with Crippen LogP contribution in [-0.2, 0) is 0 Å². The third kappa shape index (κ3) is 3.55. The van der Waals surface area contributed by atoms with E-state index in [0.717, 1.165) is 5.56 Å². The van der Waals surface area contributed by atoms with E-state index in [1.165, 1.54) is 37.7 Å². The summed E-state index contributed by atoms with van der Waals surface area (Å²) in [6.45, 7) is 6.90. The molecule has 114 valence electrons.